The highest BCUT2D eigenvalue weighted by atomic mass is 35.5. The molecule has 2 amide bonds. The number of carbonyl (C=O) groups excluding carboxylic acids is 3. The second-order valence-corrected chi connectivity index (χ2v) is 8.54. The Balaban J connectivity index is 1.97. The molecule has 0 saturated heterocycles. The van der Waals surface area contributed by atoms with Crippen molar-refractivity contribution in [2.24, 2.45) is 0 Å². The number of thiophene rings is 1. The maximum Gasteiger partial charge on any atom is 0.341 e. The Morgan fingerprint density at radius 1 is 0.857 bits per heavy atom. The average molecular weight is 519 g/mol. The fourth-order valence-electron chi connectivity index (χ4n) is 3.27. The lowest BCUT2D eigenvalue weighted by atomic mass is 10.1. The summed E-state index contributed by atoms with van der Waals surface area (Å²) in [5.41, 5.74) is 1.16. The Bertz CT molecular complexity index is 1250. The van der Waals surface area contributed by atoms with Gasteiger partial charge >= 0.3 is 5.97 Å². The topological polar surface area (TPSA) is 112 Å². The molecule has 0 aliphatic rings. The van der Waals surface area contributed by atoms with Crippen LogP contribution in [0.1, 0.15) is 36.0 Å². The van der Waals surface area contributed by atoms with Crippen LogP contribution in [0.2, 0.25) is 5.02 Å². The molecule has 0 bridgehead atoms. The Morgan fingerprint density at radius 2 is 1.46 bits per heavy atom. The standard InChI is InChI=1S/C24H23ClN2O7S/c1-12-18(24(30)34-5)23(35-20(12)22(29)26-15-8-6-14(25)7-9-15)27-21(28)13-10-16(31-2)19(33-4)17(11-13)32-3/h6-11H,1-5H3,(H,26,29)(H,27,28). The minimum atomic E-state index is -0.690. The molecular weight excluding hydrogens is 496 g/mol. The maximum absolute atomic E-state index is 13.1. The van der Waals surface area contributed by atoms with E-state index >= 15 is 0 Å². The molecule has 9 nitrogen and oxygen atoms in total. The number of esters is 1. The molecule has 0 saturated carbocycles. The summed E-state index contributed by atoms with van der Waals surface area (Å²) >= 11 is 6.85. The Kier molecular flexibility index (Phi) is 8.21. The molecule has 0 spiro atoms. The lowest BCUT2D eigenvalue weighted by molar-refractivity contribution is 0.0601. The molecule has 35 heavy (non-hydrogen) atoms. The number of anilines is 2. The normalized spacial score (nSPS) is 10.3. The van der Waals surface area contributed by atoms with Crippen molar-refractivity contribution in [3.63, 3.8) is 0 Å². The molecule has 11 heteroatoms. The number of nitrogens with one attached hydrogen (secondary N) is 2. The lowest BCUT2D eigenvalue weighted by Crippen LogP contribution is -2.15. The molecule has 2 aromatic carbocycles. The van der Waals surface area contributed by atoms with Gasteiger partial charge in [-0.25, -0.2) is 4.79 Å². The molecule has 0 fully saturated rings. The first-order valence-corrected chi connectivity index (χ1v) is 11.3. The van der Waals surface area contributed by atoms with Crippen LogP contribution in [0.25, 0.3) is 0 Å². The van der Waals surface area contributed by atoms with Crippen molar-refractivity contribution in [2.75, 3.05) is 39.1 Å². The maximum atomic E-state index is 13.1. The molecule has 1 aromatic heterocycles. The van der Waals surface area contributed by atoms with Crippen molar-refractivity contribution in [1.82, 2.24) is 0 Å². The first-order chi connectivity index (χ1) is 16.7. The fraction of sp³-hybridized carbons (Fsp3) is 0.208. The van der Waals surface area contributed by atoms with E-state index < -0.39 is 17.8 Å². The molecule has 0 atom stereocenters. The van der Waals surface area contributed by atoms with E-state index in [1.165, 1.54) is 40.6 Å². The highest BCUT2D eigenvalue weighted by Crippen LogP contribution is 2.39. The highest BCUT2D eigenvalue weighted by molar-refractivity contribution is 7.19. The number of methoxy groups -OCH3 is 4. The van der Waals surface area contributed by atoms with Crippen molar-refractivity contribution >= 4 is 51.4 Å². The van der Waals surface area contributed by atoms with Crippen LogP contribution in [-0.2, 0) is 4.74 Å². The molecule has 3 rings (SSSR count). The summed E-state index contributed by atoms with van der Waals surface area (Å²) < 4.78 is 20.8. The van der Waals surface area contributed by atoms with Gasteiger partial charge in [-0.15, -0.1) is 11.3 Å². The summed E-state index contributed by atoms with van der Waals surface area (Å²) in [5.74, 6) is -0.792. The van der Waals surface area contributed by atoms with Crippen molar-refractivity contribution in [1.29, 1.82) is 0 Å². The molecule has 184 valence electrons. The number of rotatable bonds is 8. The van der Waals surface area contributed by atoms with Gasteiger partial charge in [-0.05, 0) is 48.9 Å². The van der Waals surface area contributed by atoms with Gasteiger partial charge in [0, 0.05) is 16.3 Å². The third-order valence-corrected chi connectivity index (χ3v) is 6.46. The number of halogens is 1. The number of ether oxygens (including phenoxy) is 4. The van der Waals surface area contributed by atoms with Gasteiger partial charge in [-0.2, -0.15) is 0 Å². The number of hydrogen-bond acceptors (Lipinski definition) is 8. The summed E-state index contributed by atoms with van der Waals surface area (Å²) in [6, 6.07) is 9.53. The molecule has 0 radical (unpaired) electrons. The van der Waals surface area contributed by atoms with Gasteiger partial charge in [0.05, 0.1) is 38.9 Å². The SMILES string of the molecule is COC(=O)c1c(NC(=O)c2cc(OC)c(OC)c(OC)c2)sc(C(=O)Nc2ccc(Cl)cc2)c1C. The molecule has 1 heterocycles. The third-order valence-electron chi connectivity index (χ3n) is 5.00. The molecular formula is C24H23ClN2O7S. The van der Waals surface area contributed by atoms with Crippen LogP contribution >= 0.6 is 22.9 Å². The number of hydrogen-bond donors (Lipinski definition) is 2. The third kappa shape index (κ3) is 5.50. The summed E-state index contributed by atoms with van der Waals surface area (Å²) in [4.78, 5) is 38.8. The molecule has 0 aliphatic heterocycles. The smallest absolute Gasteiger partial charge is 0.341 e. The van der Waals surface area contributed by atoms with Crippen LogP contribution in [0.15, 0.2) is 36.4 Å². The number of carbonyl (C=O) groups is 3. The van der Waals surface area contributed by atoms with E-state index in [9.17, 15) is 14.4 Å². The van der Waals surface area contributed by atoms with Crippen molar-refractivity contribution in [3.8, 4) is 17.2 Å². The highest BCUT2D eigenvalue weighted by Gasteiger charge is 2.27. The number of benzene rings is 2. The minimum absolute atomic E-state index is 0.0829. The molecule has 3 aromatic rings. The minimum Gasteiger partial charge on any atom is -0.493 e. The summed E-state index contributed by atoms with van der Waals surface area (Å²) in [7, 11) is 5.54. The van der Waals surface area contributed by atoms with Crippen LogP contribution in [-0.4, -0.2) is 46.2 Å². The molecule has 0 aliphatic carbocycles. The zero-order chi connectivity index (χ0) is 25.7. The van der Waals surface area contributed by atoms with Crippen molar-refractivity contribution < 1.29 is 33.3 Å². The van der Waals surface area contributed by atoms with Gasteiger partial charge in [0.15, 0.2) is 11.5 Å². The van der Waals surface area contributed by atoms with Crippen LogP contribution in [0.4, 0.5) is 10.7 Å². The predicted octanol–water partition coefficient (Wildman–Crippen LogP) is 5.03. The first kappa shape index (κ1) is 25.9. The van der Waals surface area contributed by atoms with Crippen LogP contribution in [0.3, 0.4) is 0 Å². The molecule has 0 unspecified atom stereocenters. The van der Waals surface area contributed by atoms with E-state index in [1.54, 1.807) is 31.2 Å². The Labute approximate surface area is 210 Å². The summed E-state index contributed by atoms with van der Waals surface area (Å²) in [6.07, 6.45) is 0. The Morgan fingerprint density at radius 3 is 1.97 bits per heavy atom. The Hall–Kier alpha value is -3.76. The summed E-state index contributed by atoms with van der Waals surface area (Å²) in [5, 5.41) is 6.14. The largest absolute Gasteiger partial charge is 0.493 e. The van der Waals surface area contributed by atoms with Gasteiger partial charge in [0.25, 0.3) is 11.8 Å². The van der Waals surface area contributed by atoms with Crippen LogP contribution in [0, 0.1) is 6.92 Å². The van der Waals surface area contributed by atoms with E-state index in [-0.39, 0.29) is 32.5 Å². The predicted molar refractivity (Wildman–Crippen MR) is 134 cm³/mol. The second kappa shape index (κ2) is 11.1. The van der Waals surface area contributed by atoms with Gasteiger partial charge in [0.1, 0.15) is 5.00 Å². The number of amides is 2. The van der Waals surface area contributed by atoms with E-state index in [1.807, 2.05) is 0 Å². The fourth-order valence-corrected chi connectivity index (χ4v) is 4.49. The quantitative estimate of drug-likeness (QED) is 0.402. The van der Waals surface area contributed by atoms with Gasteiger partial charge in [-0.3, -0.25) is 9.59 Å². The van der Waals surface area contributed by atoms with Gasteiger partial charge < -0.3 is 29.6 Å². The van der Waals surface area contributed by atoms with Crippen LogP contribution in [0.5, 0.6) is 17.2 Å². The van der Waals surface area contributed by atoms with E-state index in [2.05, 4.69) is 10.6 Å². The van der Waals surface area contributed by atoms with E-state index in [0.717, 1.165) is 11.3 Å². The first-order valence-electron chi connectivity index (χ1n) is 10.1. The monoisotopic (exact) mass is 518 g/mol. The zero-order valence-electron chi connectivity index (χ0n) is 19.6. The van der Waals surface area contributed by atoms with Gasteiger partial charge in [-0.1, -0.05) is 11.6 Å². The molecule has 2 N–H and O–H groups in total. The lowest BCUT2D eigenvalue weighted by Gasteiger charge is -2.14. The van der Waals surface area contributed by atoms with E-state index in [4.69, 9.17) is 30.5 Å². The second-order valence-electron chi connectivity index (χ2n) is 7.08. The van der Waals surface area contributed by atoms with Crippen molar-refractivity contribution in [2.45, 2.75) is 6.92 Å². The zero-order valence-corrected chi connectivity index (χ0v) is 21.2. The van der Waals surface area contributed by atoms with Gasteiger partial charge in [0.2, 0.25) is 5.75 Å². The van der Waals surface area contributed by atoms with E-state index in [0.29, 0.717) is 22.0 Å². The van der Waals surface area contributed by atoms with Crippen molar-refractivity contribution in [3.05, 3.63) is 63.0 Å². The summed E-state index contributed by atoms with van der Waals surface area (Å²) in [6.45, 7) is 1.61. The van der Waals surface area contributed by atoms with Crippen LogP contribution < -0.4 is 24.8 Å². The average Bonchev–Trinajstić information content (AvgIpc) is 3.19.